The molecule has 0 saturated carbocycles. The Morgan fingerprint density at radius 2 is 2.25 bits per heavy atom. The summed E-state index contributed by atoms with van der Waals surface area (Å²) >= 11 is 0. The second kappa shape index (κ2) is 3.92. The molecule has 0 radical (unpaired) electrons. The van der Waals surface area contributed by atoms with E-state index >= 15 is 0 Å². The number of fused-ring (bicyclic) bond motifs is 1. The third kappa shape index (κ3) is 1.88. The van der Waals surface area contributed by atoms with Crippen LogP contribution in [-0.2, 0) is 6.42 Å². The average Bonchev–Trinajstić information content (AvgIpc) is 2.64. The molecule has 0 saturated heterocycles. The Hall–Kier alpha value is -1.91. The fraction of sp³-hybridized carbons (Fsp3) is 0.364. The van der Waals surface area contributed by atoms with E-state index in [1.807, 2.05) is 0 Å². The highest BCUT2D eigenvalue weighted by Gasteiger charge is 2.14. The molecule has 2 rings (SSSR count). The summed E-state index contributed by atoms with van der Waals surface area (Å²) in [4.78, 5) is 10.3. The van der Waals surface area contributed by atoms with Crippen LogP contribution < -0.4 is 0 Å². The molecular formula is C11H12N2O3. The summed E-state index contributed by atoms with van der Waals surface area (Å²) in [5.74, 6) is 0.431. The van der Waals surface area contributed by atoms with Crippen molar-refractivity contribution in [3.63, 3.8) is 0 Å². The van der Waals surface area contributed by atoms with Gasteiger partial charge in [-0.1, -0.05) is 19.0 Å². The van der Waals surface area contributed by atoms with Crippen LogP contribution in [0.25, 0.3) is 10.9 Å². The van der Waals surface area contributed by atoms with Gasteiger partial charge in [-0.2, -0.15) is 0 Å². The number of nitro benzene ring substituents is 1. The first-order valence-corrected chi connectivity index (χ1v) is 5.09. The lowest BCUT2D eigenvalue weighted by Gasteiger charge is -2.05. The van der Waals surface area contributed by atoms with Crippen molar-refractivity contribution in [2.75, 3.05) is 0 Å². The molecule has 0 aliphatic carbocycles. The molecule has 0 amide bonds. The second-order valence-corrected chi connectivity index (χ2v) is 4.21. The third-order valence-corrected chi connectivity index (χ3v) is 2.39. The van der Waals surface area contributed by atoms with Crippen molar-refractivity contribution in [3.05, 3.63) is 34.1 Å². The molecular weight excluding hydrogens is 208 g/mol. The van der Waals surface area contributed by atoms with Crippen molar-refractivity contribution in [1.82, 2.24) is 5.16 Å². The first-order valence-electron chi connectivity index (χ1n) is 5.09. The van der Waals surface area contributed by atoms with E-state index in [4.69, 9.17) is 4.52 Å². The van der Waals surface area contributed by atoms with E-state index in [2.05, 4.69) is 19.0 Å². The van der Waals surface area contributed by atoms with Crippen molar-refractivity contribution in [3.8, 4) is 0 Å². The standard InChI is InChI=1S/C11H12N2O3/c1-7(2)3-8-4-9(13(14)15)5-11-10(8)6-16-12-11/h4-7H,3H2,1-2H3. The van der Waals surface area contributed by atoms with Crippen LogP contribution in [-0.4, -0.2) is 10.1 Å². The quantitative estimate of drug-likeness (QED) is 0.589. The zero-order chi connectivity index (χ0) is 11.7. The topological polar surface area (TPSA) is 69.2 Å². The number of hydrogen-bond acceptors (Lipinski definition) is 4. The molecule has 1 heterocycles. The van der Waals surface area contributed by atoms with Gasteiger partial charge in [-0.3, -0.25) is 10.1 Å². The van der Waals surface area contributed by atoms with Crippen molar-refractivity contribution in [2.24, 2.45) is 5.92 Å². The van der Waals surface area contributed by atoms with Crippen molar-refractivity contribution >= 4 is 16.6 Å². The summed E-state index contributed by atoms with van der Waals surface area (Å²) < 4.78 is 4.85. The number of nitrogens with zero attached hydrogens (tertiary/aromatic N) is 2. The van der Waals surface area contributed by atoms with E-state index in [0.29, 0.717) is 11.4 Å². The molecule has 0 unspecified atom stereocenters. The summed E-state index contributed by atoms with van der Waals surface area (Å²) in [6.45, 7) is 4.14. The summed E-state index contributed by atoms with van der Waals surface area (Å²) in [7, 11) is 0. The molecule has 0 aliphatic heterocycles. The van der Waals surface area contributed by atoms with E-state index in [0.717, 1.165) is 17.4 Å². The highest BCUT2D eigenvalue weighted by molar-refractivity contribution is 5.83. The second-order valence-electron chi connectivity index (χ2n) is 4.21. The lowest BCUT2D eigenvalue weighted by molar-refractivity contribution is -0.384. The molecule has 84 valence electrons. The Balaban J connectivity index is 2.59. The fourth-order valence-electron chi connectivity index (χ4n) is 1.74. The van der Waals surface area contributed by atoms with Crippen LogP contribution >= 0.6 is 0 Å². The van der Waals surface area contributed by atoms with Gasteiger partial charge in [0.2, 0.25) is 0 Å². The highest BCUT2D eigenvalue weighted by Crippen LogP contribution is 2.26. The normalized spacial score (nSPS) is 11.2. The van der Waals surface area contributed by atoms with Crippen LogP contribution in [0.4, 0.5) is 5.69 Å². The van der Waals surface area contributed by atoms with Gasteiger partial charge in [0, 0.05) is 17.5 Å². The Labute approximate surface area is 92.2 Å². The summed E-state index contributed by atoms with van der Waals surface area (Å²) in [5.41, 5.74) is 1.53. The minimum absolute atomic E-state index is 0.0667. The predicted octanol–water partition coefficient (Wildman–Crippen LogP) is 2.93. The fourth-order valence-corrected chi connectivity index (χ4v) is 1.74. The van der Waals surface area contributed by atoms with Crippen molar-refractivity contribution in [2.45, 2.75) is 20.3 Å². The molecule has 1 aromatic heterocycles. The number of benzene rings is 1. The molecule has 0 fully saturated rings. The molecule has 0 N–H and O–H groups in total. The first-order chi connectivity index (χ1) is 7.58. The summed E-state index contributed by atoms with van der Waals surface area (Å²) in [5, 5.41) is 15.4. The lowest BCUT2D eigenvalue weighted by atomic mass is 9.99. The average molecular weight is 220 g/mol. The van der Waals surface area contributed by atoms with Crippen LogP contribution in [0.2, 0.25) is 0 Å². The Kier molecular flexibility index (Phi) is 2.60. The molecule has 5 heteroatoms. The van der Waals surface area contributed by atoms with Gasteiger partial charge in [-0.25, -0.2) is 0 Å². The maximum Gasteiger partial charge on any atom is 0.272 e. The smallest absolute Gasteiger partial charge is 0.272 e. The van der Waals surface area contributed by atoms with Gasteiger partial charge in [-0.15, -0.1) is 0 Å². The minimum Gasteiger partial charge on any atom is -0.363 e. The lowest BCUT2D eigenvalue weighted by Crippen LogP contribution is -1.97. The van der Waals surface area contributed by atoms with Gasteiger partial charge >= 0.3 is 0 Å². The van der Waals surface area contributed by atoms with Crippen LogP contribution in [0, 0.1) is 16.0 Å². The molecule has 1 aromatic carbocycles. The highest BCUT2D eigenvalue weighted by atomic mass is 16.6. The molecule has 2 aromatic rings. The summed E-state index contributed by atoms with van der Waals surface area (Å²) in [6, 6.07) is 3.03. The van der Waals surface area contributed by atoms with Crippen LogP contribution in [0.5, 0.6) is 0 Å². The monoisotopic (exact) mass is 220 g/mol. The molecule has 0 bridgehead atoms. The largest absolute Gasteiger partial charge is 0.363 e. The van der Waals surface area contributed by atoms with Crippen molar-refractivity contribution < 1.29 is 9.45 Å². The van der Waals surface area contributed by atoms with Gasteiger partial charge in [0.25, 0.3) is 5.69 Å². The third-order valence-electron chi connectivity index (χ3n) is 2.39. The SMILES string of the molecule is CC(C)Cc1cc([N+](=O)[O-])cc2nocc12. The van der Waals surface area contributed by atoms with Gasteiger partial charge in [-0.05, 0) is 17.9 Å². The summed E-state index contributed by atoms with van der Waals surface area (Å²) in [6.07, 6.45) is 2.32. The van der Waals surface area contributed by atoms with E-state index < -0.39 is 4.92 Å². The van der Waals surface area contributed by atoms with Crippen molar-refractivity contribution in [1.29, 1.82) is 0 Å². The number of nitro groups is 1. The number of aromatic nitrogens is 1. The van der Waals surface area contributed by atoms with Crippen LogP contribution in [0.3, 0.4) is 0 Å². The zero-order valence-electron chi connectivity index (χ0n) is 9.14. The molecule has 5 nitrogen and oxygen atoms in total. The maximum atomic E-state index is 10.8. The van der Waals surface area contributed by atoms with E-state index in [1.165, 1.54) is 12.3 Å². The van der Waals surface area contributed by atoms with Crippen LogP contribution in [0.1, 0.15) is 19.4 Å². The Bertz CT molecular complexity index is 531. The molecule has 0 spiro atoms. The predicted molar refractivity (Wildman–Crippen MR) is 59.2 cm³/mol. The van der Waals surface area contributed by atoms with Gasteiger partial charge < -0.3 is 4.52 Å². The maximum absolute atomic E-state index is 10.8. The van der Waals surface area contributed by atoms with Gasteiger partial charge in [0.1, 0.15) is 11.8 Å². The molecule has 0 aliphatic rings. The minimum atomic E-state index is -0.405. The molecule has 0 atom stereocenters. The Morgan fingerprint density at radius 1 is 1.50 bits per heavy atom. The first kappa shape index (κ1) is 10.6. The number of rotatable bonds is 3. The van der Waals surface area contributed by atoms with E-state index in [-0.39, 0.29) is 5.69 Å². The van der Waals surface area contributed by atoms with E-state index in [1.54, 1.807) is 6.07 Å². The van der Waals surface area contributed by atoms with Crippen LogP contribution in [0.15, 0.2) is 22.9 Å². The molecule has 16 heavy (non-hydrogen) atoms. The number of non-ortho nitro benzene ring substituents is 1. The van der Waals surface area contributed by atoms with Gasteiger partial charge in [0.15, 0.2) is 0 Å². The Morgan fingerprint density at radius 3 is 2.88 bits per heavy atom. The zero-order valence-corrected chi connectivity index (χ0v) is 9.14. The number of hydrogen-bond donors (Lipinski definition) is 0. The van der Waals surface area contributed by atoms with Gasteiger partial charge in [0.05, 0.1) is 4.92 Å². The van der Waals surface area contributed by atoms with E-state index in [9.17, 15) is 10.1 Å².